The fourth-order valence-corrected chi connectivity index (χ4v) is 2.79. The van der Waals surface area contributed by atoms with Gasteiger partial charge in [-0.05, 0) is 38.1 Å². The molecule has 1 aromatic heterocycles. The Morgan fingerprint density at radius 2 is 1.64 bits per heavy atom. The van der Waals surface area contributed by atoms with Gasteiger partial charge in [0.25, 0.3) is 0 Å². The van der Waals surface area contributed by atoms with Gasteiger partial charge in [-0.1, -0.05) is 30.3 Å². The molecule has 112 valence electrons. The molecular weight excluding hydrogens is 275 g/mol. The molecule has 0 bridgehead atoms. The highest BCUT2D eigenvalue weighted by atomic mass is 19.1. The minimum Gasteiger partial charge on any atom is -0.371 e. The van der Waals surface area contributed by atoms with E-state index in [9.17, 15) is 4.39 Å². The van der Waals surface area contributed by atoms with Crippen molar-refractivity contribution in [3.8, 4) is 11.3 Å². The van der Waals surface area contributed by atoms with Crippen molar-refractivity contribution in [1.82, 2.24) is 4.98 Å². The zero-order valence-corrected chi connectivity index (χ0v) is 12.9. The number of rotatable bonds is 4. The largest absolute Gasteiger partial charge is 0.371 e. The molecule has 0 saturated carbocycles. The van der Waals surface area contributed by atoms with Crippen LogP contribution < -0.4 is 4.90 Å². The Labute approximate surface area is 130 Å². The van der Waals surface area contributed by atoms with Gasteiger partial charge in [0.2, 0.25) is 0 Å². The number of anilines is 1. The predicted octanol–water partition coefficient (Wildman–Crippen LogP) is 4.89. The molecule has 0 aliphatic heterocycles. The average Bonchev–Trinajstić information content (AvgIpc) is 2.56. The second kappa shape index (κ2) is 6.14. The molecule has 0 aliphatic rings. The van der Waals surface area contributed by atoms with Gasteiger partial charge < -0.3 is 4.90 Å². The summed E-state index contributed by atoms with van der Waals surface area (Å²) in [6.07, 6.45) is 0. The number of hydrogen-bond donors (Lipinski definition) is 0. The standard InChI is InChI=1S/C19H19FN2/c1-3-22(4-2)19-13-18(14-9-5-7-11-16(14)20)21-17-12-8-6-10-15(17)19/h5-13H,3-4H2,1-2H3. The quantitative estimate of drug-likeness (QED) is 0.681. The van der Waals surface area contributed by atoms with Crippen molar-refractivity contribution < 1.29 is 4.39 Å². The van der Waals surface area contributed by atoms with Crippen LogP contribution in [0.15, 0.2) is 54.6 Å². The number of fused-ring (bicyclic) bond motifs is 1. The molecule has 0 amide bonds. The second-order valence-corrected chi connectivity index (χ2v) is 5.20. The first-order chi connectivity index (χ1) is 10.7. The van der Waals surface area contributed by atoms with E-state index < -0.39 is 0 Å². The van der Waals surface area contributed by atoms with Crippen LogP contribution in [0.3, 0.4) is 0 Å². The van der Waals surface area contributed by atoms with E-state index in [0.717, 1.165) is 29.7 Å². The molecule has 0 fully saturated rings. The summed E-state index contributed by atoms with van der Waals surface area (Å²) in [5, 5.41) is 1.10. The van der Waals surface area contributed by atoms with Crippen molar-refractivity contribution in [2.75, 3.05) is 18.0 Å². The number of halogens is 1. The smallest absolute Gasteiger partial charge is 0.132 e. The van der Waals surface area contributed by atoms with Gasteiger partial charge in [0.1, 0.15) is 5.82 Å². The van der Waals surface area contributed by atoms with Crippen molar-refractivity contribution >= 4 is 16.6 Å². The molecule has 0 spiro atoms. The monoisotopic (exact) mass is 294 g/mol. The SMILES string of the molecule is CCN(CC)c1cc(-c2ccccc2F)nc2ccccc12. The summed E-state index contributed by atoms with van der Waals surface area (Å²) in [6.45, 7) is 6.06. The summed E-state index contributed by atoms with van der Waals surface area (Å²) >= 11 is 0. The van der Waals surface area contributed by atoms with Crippen LogP contribution in [0.4, 0.5) is 10.1 Å². The molecule has 0 N–H and O–H groups in total. The van der Waals surface area contributed by atoms with E-state index in [1.54, 1.807) is 12.1 Å². The fraction of sp³-hybridized carbons (Fsp3) is 0.211. The molecule has 2 aromatic carbocycles. The van der Waals surface area contributed by atoms with Crippen LogP contribution in [-0.2, 0) is 0 Å². The van der Waals surface area contributed by atoms with Crippen LogP contribution in [0.5, 0.6) is 0 Å². The Bertz CT molecular complexity index is 794. The zero-order valence-electron chi connectivity index (χ0n) is 12.9. The van der Waals surface area contributed by atoms with E-state index in [2.05, 4.69) is 29.8 Å². The van der Waals surface area contributed by atoms with Crippen molar-refractivity contribution in [1.29, 1.82) is 0 Å². The third-order valence-corrected chi connectivity index (χ3v) is 3.95. The van der Waals surface area contributed by atoms with Crippen molar-refractivity contribution in [3.05, 3.63) is 60.4 Å². The first-order valence-corrected chi connectivity index (χ1v) is 7.64. The van der Waals surface area contributed by atoms with Crippen LogP contribution in [-0.4, -0.2) is 18.1 Å². The van der Waals surface area contributed by atoms with Gasteiger partial charge in [0.05, 0.1) is 11.2 Å². The summed E-state index contributed by atoms with van der Waals surface area (Å²) in [4.78, 5) is 6.92. The summed E-state index contributed by atoms with van der Waals surface area (Å²) < 4.78 is 14.1. The van der Waals surface area contributed by atoms with Crippen LogP contribution in [0.25, 0.3) is 22.2 Å². The van der Waals surface area contributed by atoms with Crippen molar-refractivity contribution in [2.24, 2.45) is 0 Å². The Kier molecular flexibility index (Phi) is 4.05. The first-order valence-electron chi connectivity index (χ1n) is 7.64. The number of pyridine rings is 1. The lowest BCUT2D eigenvalue weighted by Gasteiger charge is -2.23. The number of para-hydroxylation sites is 1. The molecule has 0 radical (unpaired) electrons. The topological polar surface area (TPSA) is 16.1 Å². The number of nitrogens with zero attached hydrogens (tertiary/aromatic N) is 2. The predicted molar refractivity (Wildman–Crippen MR) is 90.7 cm³/mol. The van der Waals surface area contributed by atoms with Gasteiger partial charge in [0, 0.05) is 29.7 Å². The Balaban J connectivity index is 2.27. The molecule has 3 heteroatoms. The Morgan fingerprint density at radius 1 is 0.955 bits per heavy atom. The van der Waals surface area contributed by atoms with E-state index in [1.807, 2.05) is 30.3 Å². The molecule has 1 heterocycles. The normalized spacial score (nSPS) is 10.9. The molecule has 22 heavy (non-hydrogen) atoms. The Hall–Kier alpha value is -2.42. The maximum atomic E-state index is 14.1. The minimum absolute atomic E-state index is 0.240. The number of hydrogen-bond acceptors (Lipinski definition) is 2. The summed E-state index contributed by atoms with van der Waals surface area (Å²) in [6, 6.07) is 16.8. The molecular formula is C19H19FN2. The lowest BCUT2D eigenvalue weighted by molar-refractivity contribution is 0.631. The third-order valence-electron chi connectivity index (χ3n) is 3.95. The molecule has 3 aromatic rings. The van der Waals surface area contributed by atoms with Crippen molar-refractivity contribution in [3.63, 3.8) is 0 Å². The van der Waals surface area contributed by atoms with E-state index in [0.29, 0.717) is 11.3 Å². The maximum absolute atomic E-state index is 14.1. The van der Waals surface area contributed by atoms with Crippen LogP contribution >= 0.6 is 0 Å². The highest BCUT2D eigenvalue weighted by Crippen LogP contribution is 2.31. The van der Waals surface area contributed by atoms with Gasteiger partial charge in [-0.25, -0.2) is 9.37 Å². The summed E-state index contributed by atoms with van der Waals surface area (Å²) in [5.41, 5.74) is 3.22. The maximum Gasteiger partial charge on any atom is 0.132 e. The van der Waals surface area contributed by atoms with E-state index in [4.69, 9.17) is 0 Å². The summed E-state index contributed by atoms with van der Waals surface area (Å²) in [7, 11) is 0. The van der Waals surface area contributed by atoms with Gasteiger partial charge in [-0.15, -0.1) is 0 Å². The third kappa shape index (κ3) is 2.54. The van der Waals surface area contributed by atoms with E-state index in [-0.39, 0.29) is 5.82 Å². The Morgan fingerprint density at radius 3 is 2.36 bits per heavy atom. The van der Waals surface area contributed by atoms with Gasteiger partial charge >= 0.3 is 0 Å². The van der Waals surface area contributed by atoms with Gasteiger partial charge in [-0.2, -0.15) is 0 Å². The van der Waals surface area contributed by atoms with Gasteiger partial charge in [0.15, 0.2) is 0 Å². The lowest BCUT2D eigenvalue weighted by Crippen LogP contribution is -2.22. The fourth-order valence-electron chi connectivity index (χ4n) is 2.79. The molecule has 2 nitrogen and oxygen atoms in total. The summed E-state index contributed by atoms with van der Waals surface area (Å²) in [5.74, 6) is -0.240. The number of aromatic nitrogens is 1. The average molecular weight is 294 g/mol. The van der Waals surface area contributed by atoms with E-state index in [1.165, 1.54) is 6.07 Å². The minimum atomic E-state index is -0.240. The number of benzene rings is 2. The van der Waals surface area contributed by atoms with Crippen LogP contribution in [0, 0.1) is 5.82 Å². The molecule has 0 saturated heterocycles. The molecule has 0 atom stereocenters. The lowest BCUT2D eigenvalue weighted by atomic mass is 10.1. The zero-order chi connectivity index (χ0) is 15.5. The first kappa shape index (κ1) is 14.5. The molecule has 0 aliphatic carbocycles. The van der Waals surface area contributed by atoms with Crippen molar-refractivity contribution in [2.45, 2.75) is 13.8 Å². The van der Waals surface area contributed by atoms with E-state index >= 15 is 0 Å². The highest BCUT2D eigenvalue weighted by Gasteiger charge is 2.13. The molecule has 0 unspecified atom stereocenters. The van der Waals surface area contributed by atoms with Crippen LogP contribution in [0.1, 0.15) is 13.8 Å². The highest BCUT2D eigenvalue weighted by molar-refractivity contribution is 5.94. The van der Waals surface area contributed by atoms with Gasteiger partial charge in [-0.3, -0.25) is 0 Å². The molecule has 3 rings (SSSR count). The van der Waals surface area contributed by atoms with Crippen LogP contribution in [0.2, 0.25) is 0 Å². The second-order valence-electron chi connectivity index (χ2n) is 5.20.